The molecule has 1 aliphatic rings. The molecule has 1 fully saturated rings. The van der Waals surface area contributed by atoms with Crippen LogP contribution in [0.5, 0.6) is 5.88 Å². The van der Waals surface area contributed by atoms with Crippen LogP contribution in [-0.4, -0.2) is 55.0 Å². The first-order valence-corrected chi connectivity index (χ1v) is 10.9. The number of anilines is 1. The van der Waals surface area contributed by atoms with Crippen molar-refractivity contribution in [2.75, 3.05) is 37.8 Å². The van der Waals surface area contributed by atoms with Gasteiger partial charge in [0.25, 0.3) is 0 Å². The minimum absolute atomic E-state index is 0.417. The van der Waals surface area contributed by atoms with E-state index in [9.17, 15) is 4.79 Å². The van der Waals surface area contributed by atoms with Gasteiger partial charge < -0.3 is 20.1 Å². The Kier molecular flexibility index (Phi) is 7.60. The van der Waals surface area contributed by atoms with Gasteiger partial charge in [-0.25, -0.2) is 4.98 Å². The molecule has 3 heterocycles. The Morgan fingerprint density at radius 2 is 2.03 bits per heavy atom. The molecule has 2 N–H and O–H groups in total. The lowest BCUT2D eigenvalue weighted by Gasteiger charge is -2.29. The third-order valence-corrected chi connectivity index (χ3v) is 5.23. The maximum Gasteiger partial charge on any atom is 0.248 e. The molecule has 8 heteroatoms. The number of benzene rings is 1. The molecule has 2 aromatic heterocycles. The van der Waals surface area contributed by atoms with Crippen LogP contribution in [0.1, 0.15) is 27.3 Å². The first kappa shape index (κ1) is 22.4. The van der Waals surface area contributed by atoms with Gasteiger partial charge >= 0.3 is 0 Å². The van der Waals surface area contributed by atoms with Crippen molar-refractivity contribution >= 4 is 17.8 Å². The molecule has 0 atom stereocenters. The predicted molar refractivity (Wildman–Crippen MR) is 127 cm³/mol. The van der Waals surface area contributed by atoms with Gasteiger partial charge in [0.05, 0.1) is 32.1 Å². The Labute approximate surface area is 193 Å². The number of hydrogen-bond donors (Lipinski definition) is 1. The fraction of sp³-hybridized carbons (Fsp3) is 0.280. The maximum atomic E-state index is 11.4. The smallest absolute Gasteiger partial charge is 0.248 e. The van der Waals surface area contributed by atoms with Crippen molar-refractivity contribution in [2.45, 2.75) is 13.0 Å². The van der Waals surface area contributed by atoms with Gasteiger partial charge in [0.2, 0.25) is 11.8 Å². The van der Waals surface area contributed by atoms with Crippen molar-refractivity contribution in [1.29, 1.82) is 0 Å². The summed E-state index contributed by atoms with van der Waals surface area (Å²) in [6, 6.07) is 17.0. The second kappa shape index (κ2) is 11.2. The highest BCUT2D eigenvalue weighted by molar-refractivity contribution is 5.92. The number of rotatable bonds is 9. The predicted octanol–water partition coefficient (Wildman–Crippen LogP) is 2.65. The average Bonchev–Trinajstić information content (AvgIpc) is 2.85. The second-order valence-corrected chi connectivity index (χ2v) is 7.64. The number of aliphatic imine (C=N–C) groups is 1. The second-order valence-electron chi connectivity index (χ2n) is 7.64. The third kappa shape index (κ3) is 6.60. The van der Waals surface area contributed by atoms with Crippen LogP contribution >= 0.6 is 0 Å². The summed E-state index contributed by atoms with van der Waals surface area (Å²) in [6.45, 7) is 3.91. The van der Waals surface area contributed by atoms with Crippen molar-refractivity contribution in [1.82, 2.24) is 9.97 Å². The van der Waals surface area contributed by atoms with E-state index in [1.54, 1.807) is 30.6 Å². The summed E-state index contributed by atoms with van der Waals surface area (Å²) in [4.78, 5) is 27.1. The van der Waals surface area contributed by atoms with E-state index in [1.807, 2.05) is 36.4 Å². The van der Waals surface area contributed by atoms with E-state index in [-0.39, 0.29) is 0 Å². The quantitative estimate of drug-likeness (QED) is 0.508. The highest BCUT2D eigenvalue weighted by Gasteiger charge is 2.14. The highest BCUT2D eigenvalue weighted by atomic mass is 16.5. The van der Waals surface area contributed by atoms with Crippen LogP contribution in [0.4, 0.5) is 5.69 Å². The minimum Gasteiger partial charge on any atom is -0.477 e. The molecule has 0 unspecified atom stereocenters. The molecule has 1 aliphatic heterocycles. The largest absolute Gasteiger partial charge is 0.477 e. The van der Waals surface area contributed by atoms with Gasteiger partial charge in [-0.15, -0.1) is 0 Å². The van der Waals surface area contributed by atoms with Gasteiger partial charge in [0.15, 0.2) is 0 Å². The summed E-state index contributed by atoms with van der Waals surface area (Å²) in [7, 11) is 0. The van der Waals surface area contributed by atoms with Crippen LogP contribution in [-0.2, 0) is 17.7 Å². The first-order chi connectivity index (χ1) is 16.2. The fourth-order valence-electron chi connectivity index (χ4n) is 3.53. The molecule has 0 radical (unpaired) electrons. The molecule has 170 valence electrons. The summed E-state index contributed by atoms with van der Waals surface area (Å²) in [5.74, 6) is 0.0975. The monoisotopic (exact) mass is 445 g/mol. The summed E-state index contributed by atoms with van der Waals surface area (Å²) in [5.41, 5.74) is 9.44. The summed E-state index contributed by atoms with van der Waals surface area (Å²) < 4.78 is 11.4. The van der Waals surface area contributed by atoms with E-state index in [2.05, 4.69) is 19.9 Å². The zero-order chi connectivity index (χ0) is 22.9. The molecule has 0 bridgehead atoms. The van der Waals surface area contributed by atoms with Crippen LogP contribution < -0.4 is 15.4 Å². The minimum atomic E-state index is -0.451. The van der Waals surface area contributed by atoms with Gasteiger partial charge in [0, 0.05) is 54.9 Å². The summed E-state index contributed by atoms with van der Waals surface area (Å²) in [5, 5.41) is 0. The normalized spacial score (nSPS) is 13.9. The highest BCUT2D eigenvalue weighted by Crippen LogP contribution is 2.22. The fourth-order valence-corrected chi connectivity index (χ4v) is 3.53. The first-order valence-electron chi connectivity index (χ1n) is 10.9. The molecular weight excluding hydrogens is 418 g/mol. The van der Waals surface area contributed by atoms with Gasteiger partial charge in [-0.3, -0.25) is 14.8 Å². The number of hydrogen-bond acceptors (Lipinski definition) is 7. The summed E-state index contributed by atoms with van der Waals surface area (Å²) >= 11 is 0. The van der Waals surface area contributed by atoms with E-state index >= 15 is 0 Å². The standard InChI is InChI=1S/C25H27N5O3/c26-25(31)20-5-3-4-19(14-20)17-27-18-22-15-23(30-9-12-32-13-10-30)16-24(29-22)33-11-7-21-6-1-2-8-28-21/h1-6,8,14-16,18H,7,9-13,17H2,(H2,26,31). The topological polar surface area (TPSA) is 103 Å². The van der Waals surface area contributed by atoms with Crippen molar-refractivity contribution in [2.24, 2.45) is 10.7 Å². The van der Waals surface area contributed by atoms with Crippen molar-refractivity contribution < 1.29 is 14.3 Å². The van der Waals surface area contributed by atoms with E-state index in [1.165, 1.54) is 0 Å². The van der Waals surface area contributed by atoms with Crippen LogP contribution in [0.3, 0.4) is 0 Å². The number of ether oxygens (including phenoxy) is 2. The maximum absolute atomic E-state index is 11.4. The Hall–Kier alpha value is -3.78. The molecule has 0 spiro atoms. The lowest BCUT2D eigenvalue weighted by atomic mass is 10.1. The molecule has 3 aromatic rings. The van der Waals surface area contributed by atoms with E-state index < -0.39 is 5.91 Å². The summed E-state index contributed by atoms with van der Waals surface area (Å²) in [6.07, 6.45) is 4.21. The van der Waals surface area contributed by atoms with Crippen molar-refractivity contribution in [3.63, 3.8) is 0 Å². The van der Waals surface area contributed by atoms with Gasteiger partial charge in [0.1, 0.15) is 0 Å². The number of nitrogens with zero attached hydrogens (tertiary/aromatic N) is 4. The van der Waals surface area contributed by atoms with Crippen LogP contribution in [0.2, 0.25) is 0 Å². The molecule has 1 aromatic carbocycles. The van der Waals surface area contributed by atoms with Crippen LogP contribution in [0.15, 0.2) is 65.8 Å². The lowest BCUT2D eigenvalue weighted by Crippen LogP contribution is -2.36. The molecule has 1 saturated heterocycles. The number of amides is 1. The average molecular weight is 446 g/mol. The van der Waals surface area contributed by atoms with E-state index in [4.69, 9.17) is 15.2 Å². The number of morpholine rings is 1. The van der Waals surface area contributed by atoms with Gasteiger partial charge in [-0.05, 0) is 35.9 Å². The number of carbonyl (C=O) groups is 1. The molecule has 0 saturated carbocycles. The molecule has 4 rings (SSSR count). The van der Waals surface area contributed by atoms with Crippen molar-refractivity contribution in [3.05, 3.63) is 83.3 Å². The lowest BCUT2D eigenvalue weighted by molar-refractivity contribution is 0.1000. The number of pyridine rings is 2. The van der Waals surface area contributed by atoms with Gasteiger partial charge in [-0.2, -0.15) is 0 Å². The van der Waals surface area contributed by atoms with E-state index in [0.717, 1.165) is 30.0 Å². The third-order valence-electron chi connectivity index (χ3n) is 5.23. The zero-order valence-electron chi connectivity index (χ0n) is 18.4. The SMILES string of the molecule is NC(=O)c1cccc(CN=Cc2cc(N3CCOCC3)cc(OCCc3ccccn3)n2)c1. The Morgan fingerprint density at radius 1 is 1.15 bits per heavy atom. The van der Waals surface area contributed by atoms with E-state index in [0.29, 0.717) is 49.9 Å². The molecule has 0 aliphatic carbocycles. The Balaban J connectivity index is 1.47. The number of aromatic nitrogens is 2. The molecule has 1 amide bonds. The molecule has 33 heavy (non-hydrogen) atoms. The Morgan fingerprint density at radius 3 is 2.82 bits per heavy atom. The van der Waals surface area contributed by atoms with Crippen LogP contribution in [0, 0.1) is 0 Å². The van der Waals surface area contributed by atoms with Gasteiger partial charge in [-0.1, -0.05) is 18.2 Å². The Bertz CT molecular complexity index is 1100. The van der Waals surface area contributed by atoms with Crippen molar-refractivity contribution in [3.8, 4) is 5.88 Å². The molecular formula is C25H27N5O3. The number of nitrogens with two attached hydrogens (primary N) is 1. The molecule has 8 nitrogen and oxygen atoms in total. The van der Waals surface area contributed by atoms with Crippen LogP contribution in [0.25, 0.3) is 0 Å². The zero-order valence-corrected chi connectivity index (χ0v) is 18.4. The number of primary amides is 1. The number of carbonyl (C=O) groups excluding carboxylic acids is 1.